The maximum absolute atomic E-state index is 6.94. The summed E-state index contributed by atoms with van der Waals surface area (Å²) in [7, 11) is -0.701. The average Bonchev–Trinajstić information content (AvgIpc) is 3.07. The first-order chi connectivity index (χ1) is 16.1. The summed E-state index contributed by atoms with van der Waals surface area (Å²) in [5.41, 5.74) is 21.4. The maximum Gasteiger partial charge on any atom is 2.00 e. The van der Waals surface area contributed by atoms with Crippen molar-refractivity contribution in [1.82, 2.24) is 0 Å². The van der Waals surface area contributed by atoms with E-state index in [1.807, 2.05) is 79.7 Å². The van der Waals surface area contributed by atoms with Crippen LogP contribution in [0.4, 0.5) is 0 Å². The normalized spacial score (nSPS) is 14.5. The van der Waals surface area contributed by atoms with E-state index in [1.165, 1.54) is 16.7 Å². The fourth-order valence-corrected chi connectivity index (χ4v) is 5.71. The van der Waals surface area contributed by atoms with Crippen LogP contribution < -0.4 is 0 Å². The predicted molar refractivity (Wildman–Crippen MR) is 165 cm³/mol. The molecule has 0 bridgehead atoms. The van der Waals surface area contributed by atoms with Crippen molar-refractivity contribution in [3.8, 4) is 11.1 Å². The van der Waals surface area contributed by atoms with E-state index in [1.54, 1.807) is 11.1 Å². The minimum absolute atomic E-state index is 0. The van der Waals surface area contributed by atoms with Crippen LogP contribution in [0.25, 0.3) is 28.7 Å². The Morgan fingerprint density at radius 3 is 1.58 bits per heavy atom. The molecule has 1 atom stereocenters. The van der Waals surface area contributed by atoms with E-state index >= 15 is 0 Å². The molecule has 1 aliphatic rings. The molecule has 2 N–H and O–H groups in total. The van der Waals surface area contributed by atoms with Crippen LogP contribution in [0.5, 0.6) is 0 Å². The summed E-state index contributed by atoms with van der Waals surface area (Å²) in [5.74, 6) is 0. The SMILES string of the molecule is CC(C)(C)[NH-].CC(C)(C)[NH-].CC1=Cc2c(-c3ccccc3)cccc2C1[SiH](C)C.CC=CC=CC.[Ti+2]. The number of rotatable bonds is 3. The molecule has 0 aromatic heterocycles. The van der Waals surface area contributed by atoms with Gasteiger partial charge < -0.3 is 11.5 Å². The van der Waals surface area contributed by atoms with Crippen LogP contribution in [0.15, 0.2) is 78.4 Å². The van der Waals surface area contributed by atoms with Crippen molar-refractivity contribution in [2.75, 3.05) is 0 Å². The third-order valence-corrected chi connectivity index (χ3v) is 6.80. The predicted octanol–water partition coefficient (Wildman–Crippen LogP) is 10.7. The molecule has 0 aliphatic heterocycles. The van der Waals surface area contributed by atoms with Gasteiger partial charge in [0.25, 0.3) is 0 Å². The zero-order valence-corrected chi connectivity index (χ0v) is 27.4. The van der Waals surface area contributed by atoms with E-state index in [9.17, 15) is 0 Å². The Labute approximate surface area is 239 Å². The van der Waals surface area contributed by atoms with Crippen molar-refractivity contribution >= 4 is 14.9 Å². The summed E-state index contributed by atoms with van der Waals surface area (Å²) in [5, 5.41) is 0. The Kier molecular flexibility index (Phi) is 18.2. The molecule has 2 aromatic rings. The minimum atomic E-state index is -0.701. The monoisotopic (exact) mass is 538 g/mol. The molecule has 36 heavy (non-hydrogen) atoms. The molecule has 0 saturated heterocycles. The molecule has 2 nitrogen and oxygen atoms in total. The zero-order valence-electron chi connectivity index (χ0n) is 24.7. The molecule has 4 heteroatoms. The summed E-state index contributed by atoms with van der Waals surface area (Å²) >= 11 is 0. The molecule has 1 unspecified atom stereocenters. The van der Waals surface area contributed by atoms with Gasteiger partial charge in [-0.15, -0.1) is 11.1 Å². The van der Waals surface area contributed by atoms with E-state index in [2.05, 4.69) is 74.6 Å². The number of benzene rings is 2. The molecule has 1 aliphatic carbocycles. The molecule has 0 heterocycles. The second kappa shape index (κ2) is 17.9. The van der Waals surface area contributed by atoms with Gasteiger partial charge in [0.2, 0.25) is 0 Å². The van der Waals surface area contributed by atoms with E-state index in [4.69, 9.17) is 11.5 Å². The Morgan fingerprint density at radius 2 is 1.19 bits per heavy atom. The van der Waals surface area contributed by atoms with Crippen molar-refractivity contribution in [2.24, 2.45) is 0 Å². The van der Waals surface area contributed by atoms with Gasteiger partial charge in [-0.25, -0.2) is 0 Å². The molecule has 0 radical (unpaired) electrons. The van der Waals surface area contributed by atoms with Gasteiger partial charge >= 0.3 is 21.7 Å². The fraction of sp³-hybridized carbons (Fsp3) is 0.438. The molecule has 0 fully saturated rings. The molecule has 2 aromatic carbocycles. The summed E-state index contributed by atoms with van der Waals surface area (Å²) in [6, 6.07) is 17.5. The number of fused-ring (bicyclic) bond motifs is 1. The molecule has 0 saturated carbocycles. The van der Waals surface area contributed by atoms with Gasteiger partial charge in [0.1, 0.15) is 0 Å². The van der Waals surface area contributed by atoms with Gasteiger partial charge in [-0.05, 0) is 48.6 Å². The molecular formula is C32H50N2SiTi. The first-order valence-electron chi connectivity index (χ1n) is 12.7. The Hall–Kier alpha value is -1.49. The van der Waals surface area contributed by atoms with Crippen LogP contribution in [0.3, 0.4) is 0 Å². The number of hydrogen-bond acceptors (Lipinski definition) is 0. The Morgan fingerprint density at radius 1 is 0.750 bits per heavy atom. The molecule has 196 valence electrons. The second-order valence-electron chi connectivity index (χ2n) is 11.3. The summed E-state index contributed by atoms with van der Waals surface area (Å²) < 4.78 is 0. The quantitative estimate of drug-likeness (QED) is 0.276. The summed E-state index contributed by atoms with van der Waals surface area (Å²) in [6.45, 7) is 22.3. The molecule has 0 amide bonds. The largest absolute Gasteiger partial charge is 2.00 e. The van der Waals surface area contributed by atoms with Crippen LogP contribution >= 0.6 is 0 Å². The van der Waals surface area contributed by atoms with Crippen molar-refractivity contribution < 1.29 is 21.7 Å². The fourth-order valence-electron chi connectivity index (χ4n) is 3.55. The molecular weight excluding hydrogens is 488 g/mol. The van der Waals surface area contributed by atoms with Crippen LogP contribution in [0.2, 0.25) is 13.1 Å². The van der Waals surface area contributed by atoms with Crippen LogP contribution in [-0.4, -0.2) is 19.9 Å². The Bertz CT molecular complexity index is 912. The summed E-state index contributed by atoms with van der Waals surface area (Å²) in [4.78, 5) is 0. The van der Waals surface area contributed by atoms with E-state index < -0.39 is 8.80 Å². The maximum atomic E-state index is 6.94. The molecule has 0 spiro atoms. The van der Waals surface area contributed by atoms with E-state index in [0.717, 1.165) is 5.54 Å². The second-order valence-corrected chi connectivity index (χ2v) is 14.5. The van der Waals surface area contributed by atoms with Gasteiger partial charge in [-0.1, -0.05) is 139 Å². The average molecular weight is 539 g/mol. The van der Waals surface area contributed by atoms with Crippen LogP contribution in [0, 0.1) is 0 Å². The first kappa shape index (κ1) is 36.7. The van der Waals surface area contributed by atoms with Gasteiger partial charge in [-0.2, -0.15) is 0 Å². The third-order valence-electron chi connectivity index (χ3n) is 4.58. The van der Waals surface area contributed by atoms with Crippen LogP contribution in [-0.2, 0) is 21.7 Å². The topological polar surface area (TPSA) is 47.6 Å². The number of hydrogen-bond donors (Lipinski definition) is 0. The smallest absolute Gasteiger partial charge is 0.673 e. The number of nitrogens with one attached hydrogen (secondary N) is 2. The van der Waals surface area contributed by atoms with Gasteiger partial charge in [0.05, 0.1) is 0 Å². The van der Waals surface area contributed by atoms with Gasteiger partial charge in [-0.3, -0.25) is 0 Å². The van der Waals surface area contributed by atoms with Gasteiger partial charge in [0.15, 0.2) is 0 Å². The standard InChI is InChI=1S/C18H20Si.C6H10.2C4H10N.Ti/c1-13-12-17-15(14-8-5-4-6-9-14)10-7-11-16(17)18(13)19(2)3;1-3-5-6-4-2;2*1-4(2,3)5;/h4-12,18-19H,1-3H3;3-6H,1-2H3;2*5H,1-3H3;/q;;2*-1;+2. The van der Waals surface area contributed by atoms with Crippen LogP contribution in [0.1, 0.15) is 79.0 Å². The van der Waals surface area contributed by atoms with Gasteiger partial charge in [0, 0.05) is 8.80 Å². The molecule has 3 rings (SSSR count). The number of allylic oxidation sites excluding steroid dienone is 5. The Balaban J connectivity index is 0. The third kappa shape index (κ3) is 17.1. The zero-order chi connectivity index (χ0) is 27.2. The summed E-state index contributed by atoms with van der Waals surface area (Å²) in [6.07, 6.45) is 10.4. The van der Waals surface area contributed by atoms with E-state index in [0.29, 0.717) is 0 Å². The van der Waals surface area contributed by atoms with E-state index in [-0.39, 0.29) is 32.8 Å². The van der Waals surface area contributed by atoms with Crippen molar-refractivity contribution in [1.29, 1.82) is 0 Å². The van der Waals surface area contributed by atoms with Crippen molar-refractivity contribution in [2.45, 2.75) is 92.0 Å². The van der Waals surface area contributed by atoms with Crippen molar-refractivity contribution in [3.63, 3.8) is 0 Å². The minimum Gasteiger partial charge on any atom is -0.673 e. The first-order valence-corrected chi connectivity index (χ1v) is 15.7. The van der Waals surface area contributed by atoms with Crippen molar-refractivity contribution in [3.05, 3.63) is 101 Å².